The van der Waals surface area contributed by atoms with Crippen molar-refractivity contribution in [1.29, 1.82) is 0 Å². The van der Waals surface area contributed by atoms with Crippen LogP contribution in [0.3, 0.4) is 0 Å². The summed E-state index contributed by atoms with van der Waals surface area (Å²) in [7, 11) is 0. The van der Waals surface area contributed by atoms with E-state index in [0.717, 1.165) is 23.8 Å². The van der Waals surface area contributed by atoms with Gasteiger partial charge in [-0.25, -0.2) is 0 Å². The minimum absolute atomic E-state index is 0.0410. The SMILES string of the molecule is CSCCC(N)c1nnc(C)n1C1CC1. The molecular weight excluding hydrogens is 208 g/mol. The Kier molecular flexibility index (Phi) is 3.31. The summed E-state index contributed by atoms with van der Waals surface area (Å²) in [5.74, 6) is 3.06. The van der Waals surface area contributed by atoms with Crippen molar-refractivity contribution in [3.8, 4) is 0 Å². The van der Waals surface area contributed by atoms with Gasteiger partial charge in [0.1, 0.15) is 11.6 Å². The highest BCUT2D eigenvalue weighted by Crippen LogP contribution is 2.37. The monoisotopic (exact) mass is 226 g/mol. The summed E-state index contributed by atoms with van der Waals surface area (Å²) in [4.78, 5) is 0. The molecule has 0 amide bonds. The van der Waals surface area contributed by atoms with Gasteiger partial charge in [0, 0.05) is 6.04 Å². The van der Waals surface area contributed by atoms with Gasteiger partial charge in [0.2, 0.25) is 0 Å². The molecule has 0 radical (unpaired) electrons. The highest BCUT2D eigenvalue weighted by atomic mass is 32.2. The summed E-state index contributed by atoms with van der Waals surface area (Å²) in [6.45, 7) is 2.01. The van der Waals surface area contributed by atoms with E-state index < -0.39 is 0 Å². The molecule has 0 bridgehead atoms. The first-order valence-electron chi connectivity index (χ1n) is 5.40. The summed E-state index contributed by atoms with van der Waals surface area (Å²) in [5, 5.41) is 8.34. The lowest BCUT2D eigenvalue weighted by Gasteiger charge is -2.12. The molecule has 84 valence electrons. The summed E-state index contributed by atoms with van der Waals surface area (Å²) in [5.41, 5.74) is 6.12. The number of thioether (sulfide) groups is 1. The van der Waals surface area contributed by atoms with E-state index in [2.05, 4.69) is 21.0 Å². The van der Waals surface area contributed by atoms with Crippen LogP contribution in [0.1, 0.15) is 43.0 Å². The fraction of sp³-hybridized carbons (Fsp3) is 0.800. The first kappa shape index (κ1) is 11.0. The molecule has 0 saturated heterocycles. The lowest BCUT2D eigenvalue weighted by molar-refractivity contribution is 0.577. The van der Waals surface area contributed by atoms with Gasteiger partial charge in [0.25, 0.3) is 0 Å². The number of rotatable bonds is 5. The van der Waals surface area contributed by atoms with Gasteiger partial charge in [-0.2, -0.15) is 11.8 Å². The lowest BCUT2D eigenvalue weighted by atomic mass is 10.2. The second-order valence-corrected chi connectivity index (χ2v) is 5.08. The fourth-order valence-electron chi connectivity index (χ4n) is 1.80. The van der Waals surface area contributed by atoms with E-state index in [9.17, 15) is 0 Å². The van der Waals surface area contributed by atoms with E-state index in [1.807, 2.05) is 18.7 Å². The van der Waals surface area contributed by atoms with Gasteiger partial charge in [0.15, 0.2) is 0 Å². The number of nitrogens with two attached hydrogens (primary N) is 1. The maximum atomic E-state index is 6.12. The summed E-state index contributed by atoms with van der Waals surface area (Å²) in [6, 6.07) is 0.662. The number of aryl methyl sites for hydroxylation is 1. The van der Waals surface area contributed by atoms with Crippen LogP contribution in [0.25, 0.3) is 0 Å². The van der Waals surface area contributed by atoms with Gasteiger partial charge in [-0.05, 0) is 38.2 Å². The average molecular weight is 226 g/mol. The Morgan fingerprint density at radius 3 is 2.87 bits per heavy atom. The number of nitrogens with zero attached hydrogens (tertiary/aromatic N) is 3. The highest BCUT2D eigenvalue weighted by molar-refractivity contribution is 7.98. The number of hydrogen-bond acceptors (Lipinski definition) is 4. The number of aromatic nitrogens is 3. The molecule has 1 aliphatic rings. The molecule has 1 fully saturated rings. The largest absolute Gasteiger partial charge is 0.321 e. The topological polar surface area (TPSA) is 56.7 Å². The van der Waals surface area contributed by atoms with Crippen LogP contribution in [0.5, 0.6) is 0 Å². The van der Waals surface area contributed by atoms with Crippen molar-refractivity contribution >= 4 is 11.8 Å². The van der Waals surface area contributed by atoms with Crippen molar-refractivity contribution in [2.45, 2.75) is 38.3 Å². The molecule has 4 nitrogen and oxygen atoms in total. The Hall–Kier alpha value is -0.550. The van der Waals surface area contributed by atoms with Crippen LogP contribution in [0.4, 0.5) is 0 Å². The molecule has 1 atom stereocenters. The van der Waals surface area contributed by atoms with Crippen LogP contribution in [-0.2, 0) is 0 Å². The molecule has 1 unspecified atom stereocenters. The van der Waals surface area contributed by atoms with E-state index in [4.69, 9.17) is 5.73 Å². The maximum absolute atomic E-state index is 6.12. The summed E-state index contributed by atoms with van der Waals surface area (Å²) in [6.07, 6.45) is 5.58. The van der Waals surface area contributed by atoms with Gasteiger partial charge in [-0.3, -0.25) is 0 Å². The van der Waals surface area contributed by atoms with Crippen molar-refractivity contribution in [2.75, 3.05) is 12.0 Å². The molecule has 1 heterocycles. The van der Waals surface area contributed by atoms with Crippen molar-refractivity contribution in [3.63, 3.8) is 0 Å². The van der Waals surface area contributed by atoms with Crippen molar-refractivity contribution in [1.82, 2.24) is 14.8 Å². The minimum atomic E-state index is 0.0410. The van der Waals surface area contributed by atoms with E-state index >= 15 is 0 Å². The van der Waals surface area contributed by atoms with E-state index in [-0.39, 0.29) is 6.04 Å². The predicted molar refractivity (Wildman–Crippen MR) is 63.0 cm³/mol. The zero-order valence-electron chi connectivity index (χ0n) is 9.31. The second kappa shape index (κ2) is 4.53. The molecule has 1 saturated carbocycles. The smallest absolute Gasteiger partial charge is 0.150 e. The van der Waals surface area contributed by atoms with Crippen LogP contribution < -0.4 is 5.73 Å². The molecule has 5 heteroatoms. The lowest BCUT2D eigenvalue weighted by Crippen LogP contribution is -2.17. The highest BCUT2D eigenvalue weighted by Gasteiger charge is 2.29. The van der Waals surface area contributed by atoms with Crippen LogP contribution in [-0.4, -0.2) is 26.8 Å². The maximum Gasteiger partial charge on any atom is 0.150 e. The van der Waals surface area contributed by atoms with Crippen LogP contribution >= 0.6 is 11.8 Å². The van der Waals surface area contributed by atoms with Crippen molar-refractivity contribution in [3.05, 3.63) is 11.6 Å². The van der Waals surface area contributed by atoms with E-state index in [1.165, 1.54) is 12.8 Å². The Morgan fingerprint density at radius 1 is 1.53 bits per heavy atom. The average Bonchev–Trinajstić information content (AvgIpc) is 2.99. The Labute approximate surface area is 94.6 Å². The van der Waals surface area contributed by atoms with E-state index in [0.29, 0.717) is 6.04 Å². The number of hydrogen-bond donors (Lipinski definition) is 1. The quantitative estimate of drug-likeness (QED) is 0.830. The van der Waals surface area contributed by atoms with Gasteiger partial charge >= 0.3 is 0 Å². The van der Waals surface area contributed by atoms with Crippen molar-refractivity contribution in [2.24, 2.45) is 5.73 Å². The molecule has 0 spiro atoms. The van der Waals surface area contributed by atoms with E-state index in [1.54, 1.807) is 0 Å². The molecular formula is C10H18N4S. The van der Waals surface area contributed by atoms with Gasteiger partial charge in [-0.15, -0.1) is 10.2 Å². The molecule has 2 N–H and O–H groups in total. The normalized spacial score (nSPS) is 18.1. The fourth-order valence-corrected chi connectivity index (χ4v) is 2.29. The third-order valence-electron chi connectivity index (χ3n) is 2.77. The van der Waals surface area contributed by atoms with Gasteiger partial charge < -0.3 is 10.3 Å². The molecule has 0 aliphatic heterocycles. The molecule has 1 aromatic rings. The predicted octanol–water partition coefficient (Wildman–Crippen LogP) is 1.67. The first-order valence-corrected chi connectivity index (χ1v) is 6.79. The zero-order valence-corrected chi connectivity index (χ0v) is 10.1. The van der Waals surface area contributed by atoms with Crippen molar-refractivity contribution < 1.29 is 0 Å². The van der Waals surface area contributed by atoms with Gasteiger partial charge in [0.05, 0.1) is 6.04 Å². The molecule has 0 aromatic carbocycles. The van der Waals surface area contributed by atoms with Gasteiger partial charge in [-0.1, -0.05) is 0 Å². The van der Waals surface area contributed by atoms with Crippen LogP contribution in [0.2, 0.25) is 0 Å². The zero-order chi connectivity index (χ0) is 10.8. The third kappa shape index (κ3) is 2.34. The molecule has 2 rings (SSSR count). The molecule has 1 aliphatic carbocycles. The molecule has 1 aromatic heterocycles. The Bertz CT molecular complexity index is 332. The summed E-state index contributed by atoms with van der Waals surface area (Å²) >= 11 is 1.82. The summed E-state index contributed by atoms with van der Waals surface area (Å²) < 4.78 is 2.23. The Morgan fingerprint density at radius 2 is 2.27 bits per heavy atom. The minimum Gasteiger partial charge on any atom is -0.321 e. The van der Waals surface area contributed by atoms with Crippen LogP contribution in [0.15, 0.2) is 0 Å². The Balaban J connectivity index is 2.12. The standard InChI is InChI=1S/C10H18N4S/c1-7-12-13-10(9(11)5-6-15-2)14(7)8-3-4-8/h8-9H,3-6,11H2,1-2H3. The second-order valence-electron chi connectivity index (χ2n) is 4.09. The third-order valence-corrected chi connectivity index (χ3v) is 3.41. The first-order chi connectivity index (χ1) is 7.24. The molecule has 15 heavy (non-hydrogen) atoms. The van der Waals surface area contributed by atoms with Crippen LogP contribution in [0, 0.1) is 6.92 Å².